The highest BCUT2D eigenvalue weighted by molar-refractivity contribution is 5.89. The fraction of sp³-hybridized carbons (Fsp3) is 0.655. The van der Waals surface area contributed by atoms with Crippen molar-refractivity contribution >= 4 is 22.6 Å². The second-order valence-electron chi connectivity index (χ2n) is 12.6. The fourth-order valence-corrected chi connectivity index (χ4v) is 7.56. The van der Waals surface area contributed by atoms with Crippen LogP contribution in [0.4, 0.5) is 5.69 Å². The predicted octanol–water partition coefficient (Wildman–Crippen LogP) is 3.26. The molecule has 0 spiro atoms. The van der Waals surface area contributed by atoms with Crippen LogP contribution in [0.5, 0.6) is 0 Å². The lowest BCUT2D eigenvalue weighted by Crippen LogP contribution is -2.59. The van der Waals surface area contributed by atoms with E-state index in [9.17, 15) is 4.79 Å². The largest absolute Gasteiger partial charge is 0.366 e. The lowest BCUT2D eigenvalue weighted by molar-refractivity contribution is -0.127. The van der Waals surface area contributed by atoms with Gasteiger partial charge in [0.15, 0.2) is 5.65 Å². The predicted molar refractivity (Wildman–Crippen MR) is 147 cm³/mol. The Morgan fingerprint density at radius 3 is 2.55 bits per heavy atom. The number of fused-ring (bicyclic) bond motifs is 5. The number of carbonyl (C=O) groups excluding carboxylic acids is 1. The molecule has 3 aromatic heterocycles. The van der Waals surface area contributed by atoms with Crippen LogP contribution in [0.2, 0.25) is 0 Å². The third kappa shape index (κ3) is 4.01. The molecule has 0 unspecified atom stereocenters. The van der Waals surface area contributed by atoms with Crippen molar-refractivity contribution in [3.8, 4) is 0 Å². The summed E-state index contributed by atoms with van der Waals surface area (Å²) in [6, 6.07) is 2.20. The van der Waals surface area contributed by atoms with Crippen molar-refractivity contribution in [1.82, 2.24) is 34.8 Å². The van der Waals surface area contributed by atoms with E-state index in [-0.39, 0.29) is 11.4 Å². The third-order valence-corrected chi connectivity index (χ3v) is 10.1. The summed E-state index contributed by atoms with van der Waals surface area (Å²) < 4.78 is 4.23. The maximum atomic E-state index is 12.7. The SMILES string of the molecule is Cc1cc(N2CCc3c(c(C)nn3CC34CCC(NC(=O)CN5CCC5)(CC3)CC4)C2)c2cnn(C)c2n1. The highest BCUT2D eigenvalue weighted by Crippen LogP contribution is 2.53. The molecule has 38 heavy (non-hydrogen) atoms. The summed E-state index contributed by atoms with van der Waals surface area (Å²) in [6.45, 7) is 9.84. The van der Waals surface area contributed by atoms with Gasteiger partial charge >= 0.3 is 0 Å². The number of anilines is 1. The minimum atomic E-state index is 0.0317. The summed E-state index contributed by atoms with van der Waals surface area (Å²) in [7, 11) is 1.96. The van der Waals surface area contributed by atoms with Crippen LogP contribution in [0.3, 0.4) is 0 Å². The number of amides is 1. The first kappa shape index (κ1) is 24.1. The Hall–Kier alpha value is -2.94. The Morgan fingerprint density at radius 2 is 1.84 bits per heavy atom. The van der Waals surface area contributed by atoms with Gasteiger partial charge in [-0.15, -0.1) is 0 Å². The summed E-state index contributed by atoms with van der Waals surface area (Å²) in [4.78, 5) is 22.1. The van der Waals surface area contributed by atoms with Gasteiger partial charge in [0.25, 0.3) is 0 Å². The molecule has 3 aromatic rings. The number of hydrogen-bond donors (Lipinski definition) is 1. The summed E-state index contributed by atoms with van der Waals surface area (Å²) in [5.41, 5.74) is 7.51. The molecule has 0 atom stereocenters. The first-order valence-electron chi connectivity index (χ1n) is 14.5. The van der Waals surface area contributed by atoms with E-state index < -0.39 is 0 Å². The average molecular weight is 517 g/mol. The second-order valence-corrected chi connectivity index (χ2v) is 12.6. The summed E-state index contributed by atoms with van der Waals surface area (Å²) in [6.07, 6.45) is 11.1. The third-order valence-electron chi connectivity index (χ3n) is 10.1. The van der Waals surface area contributed by atoms with Crippen LogP contribution in [0, 0.1) is 19.3 Å². The van der Waals surface area contributed by atoms with E-state index in [4.69, 9.17) is 10.1 Å². The molecule has 9 heteroatoms. The van der Waals surface area contributed by atoms with Crippen molar-refractivity contribution in [2.75, 3.05) is 31.1 Å². The maximum Gasteiger partial charge on any atom is 0.234 e. The molecule has 2 aliphatic heterocycles. The highest BCUT2D eigenvalue weighted by Gasteiger charge is 2.49. The Balaban J connectivity index is 1.06. The Labute approximate surface area is 224 Å². The van der Waals surface area contributed by atoms with Crippen LogP contribution < -0.4 is 10.2 Å². The molecular weight excluding hydrogens is 476 g/mol. The van der Waals surface area contributed by atoms with E-state index in [1.165, 1.54) is 42.6 Å². The zero-order valence-electron chi connectivity index (χ0n) is 23.1. The monoisotopic (exact) mass is 516 g/mol. The van der Waals surface area contributed by atoms with E-state index >= 15 is 0 Å². The molecular formula is C29H40N8O. The molecule has 3 saturated carbocycles. The first-order chi connectivity index (χ1) is 18.3. The molecule has 1 amide bonds. The zero-order valence-corrected chi connectivity index (χ0v) is 23.1. The number of hydrogen-bond acceptors (Lipinski definition) is 6. The number of aromatic nitrogens is 5. The summed E-state index contributed by atoms with van der Waals surface area (Å²) in [5.74, 6) is 0.230. The molecule has 0 aromatic carbocycles. The number of likely N-dealkylation sites (tertiary alicyclic amines) is 1. The lowest BCUT2D eigenvalue weighted by atomic mass is 9.57. The minimum Gasteiger partial charge on any atom is -0.366 e. The molecule has 1 N–H and O–H groups in total. The summed E-state index contributed by atoms with van der Waals surface area (Å²) in [5, 5.41) is 14.2. The normalized spacial score (nSPS) is 27.0. The topological polar surface area (TPSA) is 84.1 Å². The van der Waals surface area contributed by atoms with Crippen molar-refractivity contribution in [3.05, 3.63) is 34.9 Å². The molecule has 2 bridgehead atoms. The van der Waals surface area contributed by atoms with Crippen molar-refractivity contribution < 1.29 is 4.79 Å². The van der Waals surface area contributed by atoms with Gasteiger partial charge in [-0.1, -0.05) is 0 Å². The quantitative estimate of drug-likeness (QED) is 0.542. The first-order valence-corrected chi connectivity index (χ1v) is 14.5. The second kappa shape index (κ2) is 8.79. The Morgan fingerprint density at radius 1 is 1.08 bits per heavy atom. The molecule has 9 nitrogen and oxygen atoms in total. The van der Waals surface area contributed by atoms with Gasteiger partial charge in [0.2, 0.25) is 5.91 Å². The van der Waals surface area contributed by atoms with Gasteiger partial charge < -0.3 is 10.2 Å². The van der Waals surface area contributed by atoms with E-state index in [0.717, 1.165) is 80.8 Å². The number of aryl methyl sites for hydroxylation is 3. The van der Waals surface area contributed by atoms with Crippen LogP contribution in [0.1, 0.15) is 67.6 Å². The van der Waals surface area contributed by atoms with E-state index in [2.05, 4.69) is 44.8 Å². The molecule has 5 aliphatic rings. The number of pyridine rings is 1. The van der Waals surface area contributed by atoms with Crippen LogP contribution in [-0.4, -0.2) is 67.1 Å². The highest BCUT2D eigenvalue weighted by atomic mass is 16.2. The van der Waals surface area contributed by atoms with E-state index in [0.29, 0.717) is 12.0 Å². The van der Waals surface area contributed by atoms with Crippen molar-refractivity contribution in [3.63, 3.8) is 0 Å². The molecule has 3 aliphatic carbocycles. The number of nitrogens with one attached hydrogen (secondary N) is 1. The Bertz CT molecular complexity index is 1370. The van der Waals surface area contributed by atoms with Gasteiger partial charge in [-0.05, 0) is 83.4 Å². The molecule has 0 radical (unpaired) electrons. The maximum absolute atomic E-state index is 12.7. The van der Waals surface area contributed by atoms with Crippen LogP contribution >= 0.6 is 0 Å². The molecule has 4 fully saturated rings. The van der Waals surface area contributed by atoms with Gasteiger partial charge in [0.1, 0.15) is 0 Å². The summed E-state index contributed by atoms with van der Waals surface area (Å²) >= 11 is 0. The van der Waals surface area contributed by atoms with Gasteiger partial charge in [-0.3, -0.25) is 19.1 Å². The minimum absolute atomic E-state index is 0.0317. The molecule has 202 valence electrons. The zero-order chi connectivity index (χ0) is 26.1. The van der Waals surface area contributed by atoms with Crippen molar-refractivity contribution in [2.24, 2.45) is 12.5 Å². The van der Waals surface area contributed by atoms with Crippen molar-refractivity contribution in [1.29, 1.82) is 0 Å². The average Bonchev–Trinajstić information content (AvgIpc) is 3.41. The van der Waals surface area contributed by atoms with Gasteiger partial charge in [-0.2, -0.15) is 10.2 Å². The Kier molecular flexibility index (Phi) is 5.58. The van der Waals surface area contributed by atoms with Crippen LogP contribution in [0.25, 0.3) is 11.0 Å². The molecule has 1 saturated heterocycles. The number of carbonyl (C=O) groups is 1. The van der Waals surface area contributed by atoms with Gasteiger partial charge in [0, 0.05) is 55.6 Å². The smallest absolute Gasteiger partial charge is 0.234 e. The number of nitrogens with zero attached hydrogens (tertiary/aromatic N) is 7. The van der Waals surface area contributed by atoms with Gasteiger partial charge in [0.05, 0.1) is 29.5 Å². The van der Waals surface area contributed by atoms with E-state index in [1.807, 2.05) is 17.9 Å². The van der Waals surface area contributed by atoms with Gasteiger partial charge in [-0.25, -0.2) is 4.98 Å². The lowest BCUT2D eigenvalue weighted by Gasteiger charge is -2.54. The molecule has 5 heterocycles. The van der Waals surface area contributed by atoms with Crippen LogP contribution in [-0.2, 0) is 31.4 Å². The van der Waals surface area contributed by atoms with Crippen LogP contribution in [0.15, 0.2) is 12.3 Å². The standard InChI is InChI=1S/C29H40N8O/c1-20-15-25(22-16-30-34(3)27(22)31-20)36-14-5-24-23(17-36)21(2)33-37(24)19-28-6-9-29(10-7-28,11-8-28)32-26(38)18-35-12-4-13-35/h15-16H,4-14,17-19H2,1-3H3,(H,32,38). The number of rotatable bonds is 6. The molecule has 8 rings (SSSR count). The van der Waals surface area contributed by atoms with Crippen molar-refractivity contribution in [2.45, 2.75) is 83.8 Å². The fourth-order valence-electron chi connectivity index (χ4n) is 7.56. The van der Waals surface area contributed by atoms with E-state index in [1.54, 1.807) is 0 Å².